The highest BCUT2D eigenvalue weighted by Gasteiger charge is 2.20. The van der Waals surface area contributed by atoms with E-state index in [9.17, 15) is 0 Å². The van der Waals surface area contributed by atoms with E-state index in [2.05, 4.69) is 164 Å². The number of pyridine rings is 1. The van der Waals surface area contributed by atoms with Crippen molar-refractivity contribution in [1.82, 2.24) is 9.55 Å². The summed E-state index contributed by atoms with van der Waals surface area (Å²) >= 11 is 1.87. The lowest BCUT2D eigenvalue weighted by Gasteiger charge is -2.18. The lowest BCUT2D eigenvalue weighted by Crippen LogP contribution is -1.98. The Bertz CT molecular complexity index is 3030. The van der Waals surface area contributed by atoms with Crippen LogP contribution in [0.1, 0.15) is 18.1 Å². The monoisotopic (exact) mass is 642 g/mol. The maximum atomic E-state index is 5.44. The molecule has 0 N–H and O–H groups in total. The smallest absolute Gasteiger partial charge is 0.0795 e. The summed E-state index contributed by atoms with van der Waals surface area (Å²) in [5.74, 6) is 0. The van der Waals surface area contributed by atoms with Gasteiger partial charge in [-0.3, -0.25) is 0 Å². The van der Waals surface area contributed by atoms with Gasteiger partial charge in [0.2, 0.25) is 0 Å². The van der Waals surface area contributed by atoms with Crippen molar-refractivity contribution < 1.29 is 0 Å². The SMILES string of the molecule is C=Cc1c(/C=C\C)c2c3ccccc3nc(-c3cccc(-n4c5ccccc5c5cc6c(cc54)sc4ccccc46)c3)c2c2ccccc12. The van der Waals surface area contributed by atoms with Crippen molar-refractivity contribution in [3.05, 3.63) is 157 Å². The molecule has 0 unspecified atom stereocenters. The zero-order valence-corrected chi connectivity index (χ0v) is 27.8. The predicted molar refractivity (Wildman–Crippen MR) is 214 cm³/mol. The number of benzene rings is 7. The third-order valence-electron chi connectivity index (χ3n) is 10.0. The number of rotatable bonds is 4. The van der Waals surface area contributed by atoms with Crippen LogP contribution in [-0.2, 0) is 0 Å². The van der Waals surface area contributed by atoms with E-state index in [0.29, 0.717) is 0 Å². The molecule has 49 heavy (non-hydrogen) atoms. The number of allylic oxidation sites excluding steroid dienone is 1. The van der Waals surface area contributed by atoms with Crippen molar-refractivity contribution >= 4 is 97.9 Å². The Labute approximate surface area is 287 Å². The van der Waals surface area contributed by atoms with Gasteiger partial charge in [-0.25, -0.2) is 4.98 Å². The van der Waals surface area contributed by atoms with E-state index in [1.165, 1.54) is 69.1 Å². The first-order chi connectivity index (χ1) is 24.2. The number of nitrogens with zero attached hydrogens (tertiary/aromatic N) is 2. The van der Waals surface area contributed by atoms with Gasteiger partial charge in [-0.15, -0.1) is 11.3 Å². The quantitative estimate of drug-likeness (QED) is 0.175. The third kappa shape index (κ3) is 4.03. The predicted octanol–water partition coefficient (Wildman–Crippen LogP) is 13.3. The molecular weight excluding hydrogens is 613 g/mol. The van der Waals surface area contributed by atoms with Crippen LogP contribution in [0.15, 0.2) is 146 Å². The van der Waals surface area contributed by atoms with Crippen molar-refractivity contribution in [2.45, 2.75) is 6.92 Å². The van der Waals surface area contributed by atoms with E-state index < -0.39 is 0 Å². The molecule has 10 aromatic rings. The van der Waals surface area contributed by atoms with Crippen LogP contribution in [0.5, 0.6) is 0 Å². The van der Waals surface area contributed by atoms with E-state index in [4.69, 9.17) is 4.98 Å². The van der Waals surface area contributed by atoms with Crippen molar-refractivity contribution in [2.75, 3.05) is 0 Å². The molecule has 0 atom stereocenters. The van der Waals surface area contributed by atoms with Crippen LogP contribution in [-0.4, -0.2) is 9.55 Å². The molecule has 0 saturated carbocycles. The number of thiophene rings is 1. The molecule has 3 aromatic heterocycles. The van der Waals surface area contributed by atoms with Gasteiger partial charge < -0.3 is 4.57 Å². The number of hydrogen-bond donors (Lipinski definition) is 0. The Morgan fingerprint density at radius 2 is 1.31 bits per heavy atom. The van der Waals surface area contributed by atoms with Gasteiger partial charge >= 0.3 is 0 Å². The topological polar surface area (TPSA) is 17.8 Å². The summed E-state index contributed by atoms with van der Waals surface area (Å²) in [5.41, 5.74) is 8.91. The van der Waals surface area contributed by atoms with Gasteiger partial charge in [0, 0.05) is 58.4 Å². The molecule has 3 heteroatoms. The summed E-state index contributed by atoms with van der Waals surface area (Å²) in [6, 6.07) is 48.5. The van der Waals surface area contributed by atoms with Gasteiger partial charge in [-0.05, 0) is 71.3 Å². The number of aromatic nitrogens is 2. The molecular formula is C46H30N2S. The largest absolute Gasteiger partial charge is 0.309 e. The van der Waals surface area contributed by atoms with Crippen LogP contribution in [0.3, 0.4) is 0 Å². The van der Waals surface area contributed by atoms with Gasteiger partial charge in [0.25, 0.3) is 0 Å². The summed E-state index contributed by atoms with van der Waals surface area (Å²) in [5, 5.41) is 11.1. The van der Waals surface area contributed by atoms with Crippen molar-refractivity contribution in [2.24, 2.45) is 0 Å². The summed E-state index contributed by atoms with van der Waals surface area (Å²) in [7, 11) is 0. The number of para-hydroxylation sites is 2. The maximum Gasteiger partial charge on any atom is 0.0795 e. The molecule has 0 saturated heterocycles. The van der Waals surface area contributed by atoms with Gasteiger partial charge in [0.05, 0.1) is 22.2 Å². The lowest BCUT2D eigenvalue weighted by molar-refractivity contribution is 1.18. The van der Waals surface area contributed by atoms with Gasteiger partial charge in [-0.1, -0.05) is 116 Å². The second-order valence-electron chi connectivity index (χ2n) is 12.7. The molecule has 7 aromatic carbocycles. The summed E-state index contributed by atoms with van der Waals surface area (Å²) in [6.45, 7) is 6.34. The molecule has 0 spiro atoms. The Kier molecular flexibility index (Phi) is 6.15. The second-order valence-corrected chi connectivity index (χ2v) is 13.8. The third-order valence-corrected chi connectivity index (χ3v) is 11.2. The van der Waals surface area contributed by atoms with Crippen molar-refractivity contribution in [3.63, 3.8) is 0 Å². The van der Waals surface area contributed by atoms with Crippen LogP contribution in [0.2, 0.25) is 0 Å². The average molecular weight is 643 g/mol. The molecule has 3 heterocycles. The van der Waals surface area contributed by atoms with Crippen molar-refractivity contribution in [1.29, 1.82) is 0 Å². The molecule has 230 valence electrons. The molecule has 2 nitrogen and oxygen atoms in total. The van der Waals surface area contributed by atoms with Gasteiger partial charge in [-0.2, -0.15) is 0 Å². The zero-order chi connectivity index (χ0) is 32.6. The van der Waals surface area contributed by atoms with Crippen LogP contribution >= 0.6 is 11.3 Å². The summed E-state index contributed by atoms with van der Waals surface area (Å²) in [6.07, 6.45) is 6.36. The highest BCUT2D eigenvalue weighted by atomic mass is 32.1. The van der Waals surface area contributed by atoms with Gasteiger partial charge in [0.1, 0.15) is 0 Å². The van der Waals surface area contributed by atoms with Crippen LogP contribution in [0.4, 0.5) is 0 Å². The fourth-order valence-electron chi connectivity index (χ4n) is 8.00. The minimum absolute atomic E-state index is 0.982. The molecule has 0 aliphatic carbocycles. The Morgan fingerprint density at radius 3 is 2.14 bits per heavy atom. The molecule has 10 rings (SSSR count). The zero-order valence-electron chi connectivity index (χ0n) is 26.9. The number of hydrogen-bond acceptors (Lipinski definition) is 2. The summed E-state index contributed by atoms with van der Waals surface area (Å²) < 4.78 is 5.05. The summed E-state index contributed by atoms with van der Waals surface area (Å²) in [4.78, 5) is 5.44. The van der Waals surface area contributed by atoms with Crippen molar-refractivity contribution in [3.8, 4) is 16.9 Å². The van der Waals surface area contributed by atoms with E-state index in [1.807, 2.05) is 17.4 Å². The minimum atomic E-state index is 0.982. The van der Waals surface area contributed by atoms with E-state index in [1.54, 1.807) is 0 Å². The highest BCUT2D eigenvalue weighted by molar-refractivity contribution is 7.25. The molecule has 0 aliphatic heterocycles. The Morgan fingerprint density at radius 1 is 0.571 bits per heavy atom. The first-order valence-corrected chi connectivity index (χ1v) is 17.5. The fraction of sp³-hybridized carbons (Fsp3) is 0.0217. The standard InChI is InChI=1S/C46H30N2S/c1-3-14-34-30(4-2)31-17-5-6-20-35(31)45-44(34)36-21-7-10-22-39(36)47-46(45)28-15-13-16-29(25-28)48-40-23-11-8-18-32(40)37-26-38-33-19-9-12-24-42(33)49-43(38)27-41(37)48/h3-27H,2H2,1H3/b14-3-. The Hall–Kier alpha value is -6.03. The molecule has 0 amide bonds. The Balaban J connectivity index is 1.31. The van der Waals surface area contributed by atoms with Crippen LogP contribution < -0.4 is 0 Å². The van der Waals surface area contributed by atoms with E-state index >= 15 is 0 Å². The van der Waals surface area contributed by atoms with E-state index in [0.717, 1.165) is 33.4 Å². The molecule has 0 radical (unpaired) electrons. The fourth-order valence-corrected chi connectivity index (χ4v) is 9.12. The first kappa shape index (κ1) is 28.0. The van der Waals surface area contributed by atoms with E-state index in [-0.39, 0.29) is 0 Å². The average Bonchev–Trinajstić information content (AvgIpc) is 3.68. The maximum absolute atomic E-state index is 5.44. The second kappa shape index (κ2) is 10.7. The highest BCUT2D eigenvalue weighted by Crippen LogP contribution is 2.44. The first-order valence-electron chi connectivity index (χ1n) is 16.7. The molecule has 0 bridgehead atoms. The minimum Gasteiger partial charge on any atom is -0.309 e. The molecule has 0 fully saturated rings. The van der Waals surface area contributed by atoms with Crippen LogP contribution in [0.25, 0.3) is 104 Å². The molecule has 0 aliphatic rings. The normalized spacial score (nSPS) is 12.2. The van der Waals surface area contributed by atoms with Gasteiger partial charge in [0.15, 0.2) is 0 Å². The van der Waals surface area contributed by atoms with Crippen LogP contribution in [0, 0.1) is 0 Å². The lowest BCUT2D eigenvalue weighted by atomic mass is 9.87. The number of fused-ring (bicyclic) bond motifs is 11.